The highest BCUT2D eigenvalue weighted by Gasteiger charge is 2.53. The molecule has 0 aromatic heterocycles. The standard InChI is InChI=1S/C16H33N3/c1-11-5-7-14(8-6-11)18-10-12(2)16(4)9-15(16)19-13(3)17/h11-15,18-19H,5-10,17H2,1-4H3. The summed E-state index contributed by atoms with van der Waals surface area (Å²) in [5, 5.41) is 7.29. The van der Waals surface area contributed by atoms with Crippen molar-refractivity contribution >= 4 is 0 Å². The first-order valence-corrected chi connectivity index (χ1v) is 8.17. The minimum Gasteiger partial charge on any atom is -0.316 e. The van der Waals surface area contributed by atoms with Crippen LogP contribution in [0.2, 0.25) is 0 Å². The van der Waals surface area contributed by atoms with Gasteiger partial charge >= 0.3 is 0 Å². The SMILES string of the molecule is CC1CCC(NCC(C)C2(C)CC2NC(C)N)CC1. The van der Waals surface area contributed by atoms with Crippen LogP contribution >= 0.6 is 0 Å². The molecule has 0 saturated heterocycles. The first-order valence-electron chi connectivity index (χ1n) is 8.17. The van der Waals surface area contributed by atoms with E-state index in [4.69, 9.17) is 5.73 Å². The van der Waals surface area contributed by atoms with Crippen LogP contribution in [0, 0.1) is 17.3 Å². The molecule has 2 saturated carbocycles. The van der Waals surface area contributed by atoms with Crippen molar-refractivity contribution < 1.29 is 0 Å². The van der Waals surface area contributed by atoms with Gasteiger partial charge in [0.15, 0.2) is 0 Å². The van der Waals surface area contributed by atoms with E-state index < -0.39 is 0 Å². The number of rotatable bonds is 6. The zero-order valence-corrected chi connectivity index (χ0v) is 13.2. The predicted molar refractivity (Wildman–Crippen MR) is 81.9 cm³/mol. The van der Waals surface area contributed by atoms with Gasteiger partial charge in [-0.2, -0.15) is 0 Å². The second kappa shape index (κ2) is 6.11. The largest absolute Gasteiger partial charge is 0.316 e. The first kappa shape index (κ1) is 15.3. The highest BCUT2D eigenvalue weighted by molar-refractivity contribution is 5.08. The van der Waals surface area contributed by atoms with E-state index in [1.54, 1.807) is 0 Å². The van der Waals surface area contributed by atoms with E-state index in [-0.39, 0.29) is 6.17 Å². The van der Waals surface area contributed by atoms with Crippen LogP contribution in [0.5, 0.6) is 0 Å². The Labute approximate surface area is 119 Å². The van der Waals surface area contributed by atoms with Crippen LogP contribution in [0.25, 0.3) is 0 Å². The van der Waals surface area contributed by atoms with Gasteiger partial charge in [0.25, 0.3) is 0 Å². The molecule has 0 aliphatic heterocycles. The molecule has 4 unspecified atom stereocenters. The van der Waals surface area contributed by atoms with Crippen LogP contribution in [0.3, 0.4) is 0 Å². The third-order valence-corrected chi connectivity index (χ3v) is 5.60. The molecule has 2 rings (SSSR count). The van der Waals surface area contributed by atoms with Crippen LogP contribution in [-0.4, -0.2) is 24.8 Å². The van der Waals surface area contributed by atoms with Crippen molar-refractivity contribution in [3.63, 3.8) is 0 Å². The first-order chi connectivity index (χ1) is 8.91. The van der Waals surface area contributed by atoms with Gasteiger partial charge in [-0.25, -0.2) is 0 Å². The van der Waals surface area contributed by atoms with Crippen molar-refractivity contribution in [3.8, 4) is 0 Å². The van der Waals surface area contributed by atoms with Crippen molar-refractivity contribution in [1.82, 2.24) is 10.6 Å². The van der Waals surface area contributed by atoms with E-state index in [2.05, 4.69) is 31.4 Å². The summed E-state index contributed by atoms with van der Waals surface area (Å²) in [5.74, 6) is 1.67. The molecule has 2 aliphatic rings. The van der Waals surface area contributed by atoms with E-state index in [1.807, 2.05) is 6.92 Å². The molecule has 2 fully saturated rings. The van der Waals surface area contributed by atoms with Gasteiger partial charge in [-0.05, 0) is 62.8 Å². The molecule has 2 aliphatic carbocycles. The Morgan fingerprint density at radius 2 is 1.84 bits per heavy atom. The van der Waals surface area contributed by atoms with Crippen LogP contribution in [0.4, 0.5) is 0 Å². The summed E-state index contributed by atoms with van der Waals surface area (Å²) in [4.78, 5) is 0. The summed E-state index contributed by atoms with van der Waals surface area (Å²) in [6.07, 6.45) is 6.93. The van der Waals surface area contributed by atoms with Gasteiger partial charge in [-0.3, -0.25) is 5.32 Å². The zero-order chi connectivity index (χ0) is 14.0. The van der Waals surface area contributed by atoms with Crippen LogP contribution < -0.4 is 16.4 Å². The van der Waals surface area contributed by atoms with Crippen molar-refractivity contribution in [2.45, 2.75) is 78.0 Å². The maximum absolute atomic E-state index is 5.83. The Morgan fingerprint density at radius 3 is 2.42 bits per heavy atom. The van der Waals surface area contributed by atoms with Gasteiger partial charge in [-0.15, -0.1) is 0 Å². The fourth-order valence-corrected chi connectivity index (χ4v) is 3.53. The fourth-order valence-electron chi connectivity index (χ4n) is 3.53. The van der Waals surface area contributed by atoms with E-state index >= 15 is 0 Å². The van der Waals surface area contributed by atoms with Gasteiger partial charge in [0.05, 0.1) is 6.17 Å². The van der Waals surface area contributed by atoms with Crippen LogP contribution in [0.15, 0.2) is 0 Å². The summed E-state index contributed by atoms with van der Waals surface area (Å²) in [6.45, 7) is 10.4. The summed E-state index contributed by atoms with van der Waals surface area (Å²) in [7, 11) is 0. The Kier molecular flexibility index (Phi) is 4.91. The third kappa shape index (κ3) is 3.93. The fraction of sp³-hybridized carbons (Fsp3) is 1.00. The molecular weight excluding hydrogens is 234 g/mol. The lowest BCUT2D eigenvalue weighted by Crippen LogP contribution is -2.41. The minimum atomic E-state index is 0.117. The molecule has 0 heterocycles. The van der Waals surface area contributed by atoms with E-state index in [0.29, 0.717) is 11.5 Å². The van der Waals surface area contributed by atoms with Gasteiger partial charge in [0.1, 0.15) is 0 Å². The lowest BCUT2D eigenvalue weighted by Gasteiger charge is -2.30. The Balaban J connectivity index is 1.69. The lowest BCUT2D eigenvalue weighted by molar-refractivity contribution is 0.263. The number of hydrogen-bond acceptors (Lipinski definition) is 3. The number of hydrogen-bond donors (Lipinski definition) is 3. The summed E-state index contributed by atoms with van der Waals surface area (Å²) < 4.78 is 0. The predicted octanol–water partition coefficient (Wildman–Crippen LogP) is 2.46. The summed E-state index contributed by atoms with van der Waals surface area (Å²) in [6, 6.07) is 1.39. The molecule has 4 atom stereocenters. The van der Waals surface area contributed by atoms with E-state index in [9.17, 15) is 0 Å². The molecule has 0 spiro atoms. The second-order valence-electron chi connectivity index (χ2n) is 7.48. The number of nitrogens with two attached hydrogens (primary N) is 1. The monoisotopic (exact) mass is 267 g/mol. The second-order valence-corrected chi connectivity index (χ2v) is 7.48. The van der Waals surface area contributed by atoms with Gasteiger partial charge in [0, 0.05) is 12.1 Å². The minimum absolute atomic E-state index is 0.117. The van der Waals surface area contributed by atoms with Crippen LogP contribution in [-0.2, 0) is 0 Å². The summed E-state index contributed by atoms with van der Waals surface area (Å²) >= 11 is 0. The average Bonchev–Trinajstić information content (AvgIpc) is 2.99. The number of nitrogens with one attached hydrogen (secondary N) is 2. The van der Waals surface area contributed by atoms with Gasteiger partial charge < -0.3 is 11.1 Å². The van der Waals surface area contributed by atoms with Crippen molar-refractivity contribution in [2.24, 2.45) is 23.0 Å². The van der Waals surface area contributed by atoms with E-state index in [1.165, 1.54) is 32.1 Å². The maximum Gasteiger partial charge on any atom is 0.0519 e. The molecule has 19 heavy (non-hydrogen) atoms. The topological polar surface area (TPSA) is 50.1 Å². The molecule has 112 valence electrons. The van der Waals surface area contributed by atoms with E-state index in [0.717, 1.165) is 24.4 Å². The Morgan fingerprint density at radius 1 is 1.21 bits per heavy atom. The molecule has 0 amide bonds. The maximum atomic E-state index is 5.83. The molecule has 3 heteroatoms. The molecule has 0 radical (unpaired) electrons. The third-order valence-electron chi connectivity index (χ3n) is 5.60. The average molecular weight is 267 g/mol. The van der Waals surface area contributed by atoms with Crippen molar-refractivity contribution in [1.29, 1.82) is 0 Å². The molecule has 3 nitrogen and oxygen atoms in total. The normalized spacial score (nSPS) is 41.8. The Hall–Kier alpha value is -0.120. The van der Waals surface area contributed by atoms with Gasteiger partial charge in [-0.1, -0.05) is 20.8 Å². The molecule has 4 N–H and O–H groups in total. The highest BCUT2D eigenvalue weighted by atomic mass is 15.1. The lowest BCUT2D eigenvalue weighted by atomic mass is 9.86. The smallest absolute Gasteiger partial charge is 0.0519 e. The molecular formula is C16H33N3. The quantitative estimate of drug-likeness (QED) is 0.648. The molecule has 0 aromatic carbocycles. The highest BCUT2D eigenvalue weighted by Crippen LogP contribution is 2.51. The molecule has 0 bridgehead atoms. The van der Waals surface area contributed by atoms with Gasteiger partial charge in [0.2, 0.25) is 0 Å². The Bertz CT molecular complexity index is 284. The van der Waals surface area contributed by atoms with Crippen molar-refractivity contribution in [3.05, 3.63) is 0 Å². The zero-order valence-electron chi connectivity index (χ0n) is 13.2. The van der Waals surface area contributed by atoms with Crippen LogP contribution in [0.1, 0.15) is 59.8 Å². The molecule has 0 aromatic rings. The summed E-state index contributed by atoms with van der Waals surface area (Å²) in [5.41, 5.74) is 6.28. The van der Waals surface area contributed by atoms with Crippen molar-refractivity contribution in [2.75, 3.05) is 6.54 Å².